The Morgan fingerprint density at radius 2 is 2.05 bits per heavy atom. The fourth-order valence-electron chi connectivity index (χ4n) is 6.78. The van der Waals surface area contributed by atoms with Crippen LogP contribution in [0.3, 0.4) is 0 Å². The summed E-state index contributed by atoms with van der Waals surface area (Å²) in [5.41, 5.74) is 10.4. The Labute approximate surface area is 230 Å². The van der Waals surface area contributed by atoms with Crippen LogP contribution in [0, 0.1) is 11.8 Å². The molecular formula is C29H31N9O2. The zero-order valence-electron chi connectivity index (χ0n) is 22.3. The van der Waals surface area contributed by atoms with E-state index in [1.165, 1.54) is 12.8 Å². The Hall–Kier alpha value is -4.25. The Balaban J connectivity index is 1.31. The molecule has 3 aliphatic rings. The molecule has 11 nitrogen and oxygen atoms in total. The lowest BCUT2D eigenvalue weighted by Gasteiger charge is -2.27. The molecule has 1 aliphatic heterocycles. The maximum atomic E-state index is 13.8. The fraction of sp³-hybridized carbons (Fsp3) is 0.414. The number of piperidine rings is 1. The Bertz CT molecular complexity index is 1750. The topological polar surface area (TPSA) is 133 Å². The number of nitrogens with one attached hydrogen (secondary N) is 1. The van der Waals surface area contributed by atoms with Gasteiger partial charge >= 0.3 is 0 Å². The number of H-pyrrole nitrogens is 1. The van der Waals surface area contributed by atoms with Crippen molar-refractivity contribution in [1.29, 1.82) is 0 Å². The van der Waals surface area contributed by atoms with Crippen LogP contribution in [0.1, 0.15) is 41.9 Å². The number of ether oxygens (including phenoxy) is 1. The lowest BCUT2D eigenvalue weighted by atomic mass is 10.1. The van der Waals surface area contributed by atoms with Crippen LogP contribution >= 0.6 is 0 Å². The molecule has 3 fully saturated rings. The van der Waals surface area contributed by atoms with Gasteiger partial charge in [0, 0.05) is 42.3 Å². The molecule has 0 spiro atoms. The molecule has 1 amide bonds. The van der Waals surface area contributed by atoms with Crippen LogP contribution in [0.4, 0.5) is 0 Å². The van der Waals surface area contributed by atoms with Gasteiger partial charge in [0.05, 0.1) is 24.9 Å². The van der Waals surface area contributed by atoms with Crippen molar-refractivity contribution < 1.29 is 9.53 Å². The van der Waals surface area contributed by atoms with E-state index in [2.05, 4.69) is 36.4 Å². The van der Waals surface area contributed by atoms with Gasteiger partial charge in [-0.2, -0.15) is 5.10 Å². The number of aromatic amines is 1. The minimum atomic E-state index is -0.0139. The highest BCUT2D eigenvalue weighted by molar-refractivity contribution is 6.00. The summed E-state index contributed by atoms with van der Waals surface area (Å²) in [5, 5.41) is 8.20. The highest BCUT2D eigenvalue weighted by atomic mass is 16.5. The molecule has 1 aromatic carbocycles. The van der Waals surface area contributed by atoms with E-state index in [0.29, 0.717) is 47.6 Å². The maximum Gasteiger partial charge on any atom is 0.254 e. The van der Waals surface area contributed by atoms with Gasteiger partial charge in [0.15, 0.2) is 11.6 Å². The zero-order valence-corrected chi connectivity index (χ0v) is 22.3. The monoisotopic (exact) mass is 537 g/mol. The molecule has 2 aliphatic carbocycles. The number of benzene rings is 1. The molecule has 3 atom stereocenters. The molecule has 5 aromatic rings. The number of imidazole rings is 1. The van der Waals surface area contributed by atoms with Crippen molar-refractivity contribution >= 4 is 28.0 Å². The van der Waals surface area contributed by atoms with Gasteiger partial charge < -0.3 is 24.5 Å². The number of fused-ring (bicyclic) bond motifs is 4. The number of rotatable bonds is 7. The van der Waals surface area contributed by atoms with Crippen molar-refractivity contribution in [1.82, 2.24) is 39.2 Å². The number of methoxy groups -OCH3 is 1. The first-order valence-electron chi connectivity index (χ1n) is 14.0. The maximum absolute atomic E-state index is 13.8. The van der Waals surface area contributed by atoms with Gasteiger partial charge in [-0.3, -0.25) is 9.89 Å². The number of nitrogens with zero attached hydrogens (tertiary/aromatic N) is 7. The van der Waals surface area contributed by atoms with Crippen LogP contribution < -0.4 is 10.5 Å². The summed E-state index contributed by atoms with van der Waals surface area (Å²) < 4.78 is 10.3. The smallest absolute Gasteiger partial charge is 0.254 e. The number of hydrogen-bond donors (Lipinski definition) is 2. The quantitative estimate of drug-likeness (QED) is 0.326. The first kappa shape index (κ1) is 23.6. The van der Waals surface area contributed by atoms with Crippen LogP contribution in [0.25, 0.3) is 33.6 Å². The molecular weight excluding hydrogens is 506 g/mol. The third-order valence-corrected chi connectivity index (χ3v) is 8.97. The molecule has 1 saturated heterocycles. The van der Waals surface area contributed by atoms with E-state index in [-0.39, 0.29) is 18.0 Å². The Morgan fingerprint density at radius 1 is 1.15 bits per heavy atom. The van der Waals surface area contributed by atoms with Gasteiger partial charge in [-0.15, -0.1) is 0 Å². The predicted molar refractivity (Wildman–Crippen MR) is 149 cm³/mol. The molecule has 2 bridgehead atoms. The second kappa shape index (κ2) is 8.88. The molecule has 8 rings (SSSR count). The largest absolute Gasteiger partial charge is 0.494 e. The van der Waals surface area contributed by atoms with Crippen molar-refractivity contribution in [3.8, 4) is 17.3 Å². The summed E-state index contributed by atoms with van der Waals surface area (Å²) in [6.45, 7) is 1.99. The molecule has 4 aromatic heterocycles. The molecule has 11 heteroatoms. The van der Waals surface area contributed by atoms with Crippen molar-refractivity contribution in [2.45, 2.75) is 50.9 Å². The summed E-state index contributed by atoms with van der Waals surface area (Å²) in [6.07, 6.45) is 7.92. The lowest BCUT2D eigenvalue weighted by Crippen LogP contribution is -2.41. The van der Waals surface area contributed by atoms with Crippen molar-refractivity contribution in [3.05, 3.63) is 54.2 Å². The number of nitrogens with two attached hydrogens (primary N) is 1. The average molecular weight is 538 g/mol. The summed E-state index contributed by atoms with van der Waals surface area (Å²) in [6, 6.07) is 10.1. The molecule has 3 N–H and O–H groups in total. The van der Waals surface area contributed by atoms with E-state index in [1.807, 2.05) is 29.3 Å². The van der Waals surface area contributed by atoms with Crippen LogP contribution in [-0.2, 0) is 13.1 Å². The summed E-state index contributed by atoms with van der Waals surface area (Å²) in [4.78, 5) is 30.0. The van der Waals surface area contributed by atoms with Gasteiger partial charge in [0.25, 0.3) is 5.91 Å². The first-order chi connectivity index (χ1) is 19.6. The number of aromatic nitrogens is 7. The average Bonchev–Trinajstić information content (AvgIpc) is 3.34. The van der Waals surface area contributed by atoms with Gasteiger partial charge in [-0.25, -0.2) is 15.0 Å². The van der Waals surface area contributed by atoms with Crippen molar-refractivity contribution in [2.24, 2.45) is 17.6 Å². The van der Waals surface area contributed by atoms with E-state index < -0.39 is 0 Å². The van der Waals surface area contributed by atoms with E-state index in [1.54, 1.807) is 13.4 Å². The summed E-state index contributed by atoms with van der Waals surface area (Å²) in [5.74, 6) is 3.00. The fourth-order valence-corrected chi connectivity index (χ4v) is 6.78. The lowest BCUT2D eigenvalue weighted by molar-refractivity contribution is 0.0700. The number of pyridine rings is 1. The van der Waals surface area contributed by atoms with Crippen LogP contribution in [0.5, 0.6) is 5.75 Å². The molecule has 3 unspecified atom stereocenters. The summed E-state index contributed by atoms with van der Waals surface area (Å²) in [7, 11) is 1.63. The molecule has 204 valence electrons. The van der Waals surface area contributed by atoms with E-state index in [0.717, 1.165) is 47.5 Å². The van der Waals surface area contributed by atoms with Crippen molar-refractivity contribution in [3.63, 3.8) is 0 Å². The second-order valence-electron chi connectivity index (χ2n) is 11.4. The third kappa shape index (κ3) is 3.64. The first-order valence-corrected chi connectivity index (χ1v) is 14.0. The van der Waals surface area contributed by atoms with E-state index in [9.17, 15) is 4.79 Å². The zero-order chi connectivity index (χ0) is 27.0. The van der Waals surface area contributed by atoms with E-state index >= 15 is 0 Å². The van der Waals surface area contributed by atoms with Crippen LogP contribution in [-0.4, -0.2) is 70.8 Å². The highest BCUT2D eigenvalue weighted by Crippen LogP contribution is 2.40. The highest BCUT2D eigenvalue weighted by Gasteiger charge is 2.47. The number of amides is 1. The SMILES string of the molecule is COc1cc(C(=O)N2CC3CCC2C3N)cc2nc(-c3cc4cccnc4n3CC3CC3)n(Cc3nc[nH]n3)c12. The van der Waals surface area contributed by atoms with Gasteiger partial charge in [0.2, 0.25) is 0 Å². The van der Waals surface area contributed by atoms with Gasteiger partial charge in [-0.1, -0.05) is 0 Å². The third-order valence-electron chi connectivity index (χ3n) is 8.97. The molecule has 40 heavy (non-hydrogen) atoms. The van der Waals surface area contributed by atoms with Gasteiger partial charge in [0.1, 0.15) is 23.2 Å². The van der Waals surface area contributed by atoms with Gasteiger partial charge in [-0.05, 0) is 67.9 Å². The van der Waals surface area contributed by atoms with Crippen LogP contribution in [0.2, 0.25) is 0 Å². The Morgan fingerprint density at radius 3 is 2.77 bits per heavy atom. The Kier molecular flexibility index (Phi) is 5.25. The minimum absolute atomic E-state index is 0.0139. The standard InChI is InChI=1S/C29H31N9O2/c1-40-23-11-19(29(39)37-13-18-6-7-21(37)25(18)30)9-20-26(23)38(14-24-32-15-33-35-24)28(34-20)22-10-17-3-2-8-31-27(17)36(22)12-16-4-5-16/h2-3,8-11,15-16,18,21,25H,4-7,12-14,30H2,1H3,(H,32,33,35). The molecule has 2 saturated carbocycles. The minimum Gasteiger partial charge on any atom is -0.494 e. The number of carbonyl (C=O) groups excluding carboxylic acids is 1. The normalized spacial score (nSPS) is 22.1. The van der Waals surface area contributed by atoms with Crippen LogP contribution in [0.15, 0.2) is 42.9 Å². The number of likely N-dealkylation sites (tertiary alicyclic amines) is 1. The number of carbonyl (C=O) groups is 1. The molecule has 0 radical (unpaired) electrons. The van der Waals surface area contributed by atoms with Crippen molar-refractivity contribution in [2.75, 3.05) is 13.7 Å². The molecule has 5 heterocycles. The number of hydrogen-bond acceptors (Lipinski definition) is 7. The summed E-state index contributed by atoms with van der Waals surface area (Å²) >= 11 is 0. The second-order valence-corrected chi connectivity index (χ2v) is 11.4. The predicted octanol–water partition coefficient (Wildman–Crippen LogP) is 3.20. The van der Waals surface area contributed by atoms with E-state index in [4.69, 9.17) is 20.4 Å².